The maximum Gasteiger partial charge on any atom is 0.303 e. The summed E-state index contributed by atoms with van der Waals surface area (Å²) in [6, 6.07) is 5.04. The fraction of sp³-hybridized carbons (Fsp3) is 0.609. The van der Waals surface area contributed by atoms with Crippen LogP contribution >= 0.6 is 0 Å². The van der Waals surface area contributed by atoms with Gasteiger partial charge in [0.1, 0.15) is 11.6 Å². The predicted molar refractivity (Wildman–Crippen MR) is 108 cm³/mol. The highest BCUT2D eigenvalue weighted by molar-refractivity contribution is 5.66. The molecular formula is C23H29F3O5. The minimum Gasteiger partial charge on any atom is -0.487 e. The number of aliphatic carboxylic acids is 1. The van der Waals surface area contributed by atoms with Crippen molar-refractivity contribution in [3.63, 3.8) is 0 Å². The zero-order valence-electron chi connectivity index (χ0n) is 17.3. The van der Waals surface area contributed by atoms with Gasteiger partial charge < -0.3 is 19.7 Å². The molecule has 2 aliphatic rings. The van der Waals surface area contributed by atoms with Gasteiger partial charge in [0, 0.05) is 31.4 Å². The molecule has 5 atom stereocenters. The van der Waals surface area contributed by atoms with Crippen molar-refractivity contribution in [1.29, 1.82) is 0 Å². The van der Waals surface area contributed by atoms with E-state index in [1.165, 1.54) is 24.3 Å². The lowest BCUT2D eigenvalue weighted by molar-refractivity contribution is -0.137. The first-order valence-corrected chi connectivity index (χ1v) is 10.7. The monoisotopic (exact) mass is 442 g/mol. The Kier molecular flexibility index (Phi) is 8.00. The van der Waals surface area contributed by atoms with Crippen LogP contribution in [0.1, 0.15) is 38.5 Å². The third-order valence-electron chi connectivity index (χ3n) is 6.14. The van der Waals surface area contributed by atoms with Gasteiger partial charge in [0.15, 0.2) is 6.61 Å². The molecule has 8 heteroatoms. The first-order valence-electron chi connectivity index (χ1n) is 10.7. The van der Waals surface area contributed by atoms with Gasteiger partial charge in [-0.3, -0.25) is 4.79 Å². The minimum atomic E-state index is -3.27. The SMILES string of the molecule is O=C(O)CCC[C@H]1CC[C@@H]2[C@@H](C=CC(F)(F)COc3cccc(F)c3)[C@H](O)C[C@@H]2OC1. The highest BCUT2D eigenvalue weighted by Crippen LogP contribution is 2.42. The molecule has 172 valence electrons. The van der Waals surface area contributed by atoms with Crippen LogP contribution in [0.3, 0.4) is 0 Å². The number of hydrogen-bond donors (Lipinski definition) is 2. The van der Waals surface area contributed by atoms with Gasteiger partial charge in [0.25, 0.3) is 5.92 Å². The standard InChI is InChI=1S/C23H29F3O5/c24-16-4-2-5-17(11-16)31-14-23(25,26)10-9-18-19-8-7-15(3-1-6-22(28)29)13-30-21(19)12-20(18)27/h2,4-5,9-11,15,18-21,27H,1,3,6-8,12-14H2,(H,28,29)/t15-,18+,19+,20+,21-/m0/s1. The lowest BCUT2D eigenvalue weighted by Crippen LogP contribution is -2.25. The van der Waals surface area contributed by atoms with Crippen LogP contribution in [0.15, 0.2) is 36.4 Å². The summed E-state index contributed by atoms with van der Waals surface area (Å²) in [5.74, 6) is -4.88. The molecule has 2 N–H and O–H groups in total. The predicted octanol–water partition coefficient (Wildman–Crippen LogP) is 4.44. The third-order valence-corrected chi connectivity index (χ3v) is 6.14. The molecule has 0 spiro atoms. The quantitative estimate of drug-likeness (QED) is 0.553. The first kappa shape index (κ1) is 23.6. The molecule has 1 aliphatic heterocycles. The van der Waals surface area contributed by atoms with Gasteiger partial charge >= 0.3 is 5.97 Å². The molecule has 0 unspecified atom stereocenters. The largest absolute Gasteiger partial charge is 0.487 e. The maximum absolute atomic E-state index is 14.3. The van der Waals surface area contributed by atoms with E-state index in [0.717, 1.165) is 31.4 Å². The number of hydrogen-bond acceptors (Lipinski definition) is 4. The molecule has 0 radical (unpaired) electrons. The van der Waals surface area contributed by atoms with Crippen LogP contribution in [-0.4, -0.2) is 47.5 Å². The van der Waals surface area contributed by atoms with E-state index in [4.69, 9.17) is 14.6 Å². The van der Waals surface area contributed by atoms with Gasteiger partial charge in [-0.05, 0) is 55.7 Å². The van der Waals surface area contributed by atoms with Gasteiger partial charge in [-0.2, -0.15) is 8.78 Å². The van der Waals surface area contributed by atoms with Crippen LogP contribution in [0, 0.1) is 23.6 Å². The average molecular weight is 442 g/mol. The number of carboxylic acids is 1. The Morgan fingerprint density at radius 1 is 1.32 bits per heavy atom. The zero-order valence-corrected chi connectivity index (χ0v) is 17.3. The second-order valence-electron chi connectivity index (χ2n) is 8.51. The van der Waals surface area contributed by atoms with Gasteiger partial charge in [-0.25, -0.2) is 4.39 Å². The molecule has 0 bridgehead atoms. The molecule has 0 amide bonds. The van der Waals surface area contributed by atoms with Crippen molar-refractivity contribution >= 4 is 5.97 Å². The van der Waals surface area contributed by atoms with Crippen molar-refractivity contribution in [3.8, 4) is 5.75 Å². The van der Waals surface area contributed by atoms with Gasteiger partial charge in [-0.1, -0.05) is 12.1 Å². The number of carbonyl (C=O) groups is 1. The van der Waals surface area contributed by atoms with Gasteiger partial charge in [0.05, 0.1) is 12.2 Å². The summed E-state index contributed by atoms with van der Waals surface area (Å²) >= 11 is 0. The Bertz CT molecular complexity index is 769. The van der Waals surface area contributed by atoms with Crippen molar-refractivity contribution in [2.45, 2.75) is 56.7 Å². The van der Waals surface area contributed by atoms with Crippen molar-refractivity contribution in [1.82, 2.24) is 0 Å². The fourth-order valence-corrected chi connectivity index (χ4v) is 4.52. The Morgan fingerprint density at radius 3 is 2.87 bits per heavy atom. The van der Waals surface area contributed by atoms with Crippen molar-refractivity contribution in [2.24, 2.45) is 17.8 Å². The molecule has 31 heavy (non-hydrogen) atoms. The van der Waals surface area contributed by atoms with E-state index in [9.17, 15) is 23.1 Å². The van der Waals surface area contributed by atoms with Crippen LogP contribution in [0.25, 0.3) is 0 Å². The average Bonchev–Trinajstić information content (AvgIpc) is 2.87. The molecule has 3 rings (SSSR count). The summed E-state index contributed by atoms with van der Waals surface area (Å²) in [7, 11) is 0. The number of aliphatic hydroxyl groups excluding tert-OH is 1. The molecule has 1 heterocycles. The molecule has 1 aromatic carbocycles. The van der Waals surface area contributed by atoms with Gasteiger partial charge in [-0.15, -0.1) is 0 Å². The molecule has 5 nitrogen and oxygen atoms in total. The number of aliphatic hydroxyl groups is 1. The molecule has 1 saturated carbocycles. The van der Waals surface area contributed by atoms with Crippen molar-refractivity contribution in [2.75, 3.05) is 13.2 Å². The molecule has 2 fully saturated rings. The summed E-state index contributed by atoms with van der Waals surface area (Å²) in [6.45, 7) is -0.423. The van der Waals surface area contributed by atoms with E-state index < -0.39 is 36.3 Å². The summed E-state index contributed by atoms with van der Waals surface area (Å²) in [4.78, 5) is 10.7. The number of fused-ring (bicyclic) bond motifs is 1. The molecule has 1 aliphatic carbocycles. The number of halogens is 3. The Morgan fingerprint density at radius 2 is 2.13 bits per heavy atom. The Balaban J connectivity index is 1.54. The first-order chi connectivity index (χ1) is 14.7. The summed E-state index contributed by atoms with van der Waals surface area (Å²) in [6.07, 6.45) is 4.59. The highest BCUT2D eigenvalue weighted by atomic mass is 19.3. The van der Waals surface area contributed by atoms with Crippen molar-refractivity contribution in [3.05, 3.63) is 42.2 Å². The topological polar surface area (TPSA) is 76.0 Å². The second kappa shape index (κ2) is 10.5. The van der Waals surface area contributed by atoms with Gasteiger partial charge in [0.2, 0.25) is 0 Å². The van der Waals surface area contributed by atoms with E-state index in [2.05, 4.69) is 0 Å². The third kappa shape index (κ3) is 6.97. The smallest absolute Gasteiger partial charge is 0.303 e. The lowest BCUT2D eigenvalue weighted by Gasteiger charge is -2.21. The summed E-state index contributed by atoms with van der Waals surface area (Å²) in [5, 5.41) is 19.2. The Labute approximate surface area is 179 Å². The summed E-state index contributed by atoms with van der Waals surface area (Å²) in [5.41, 5.74) is 0. The van der Waals surface area contributed by atoms with Crippen molar-refractivity contribution < 1.29 is 37.7 Å². The highest BCUT2D eigenvalue weighted by Gasteiger charge is 2.44. The number of rotatable bonds is 9. The number of carboxylic acid groups (broad SMARTS) is 1. The van der Waals surface area contributed by atoms with Crippen LogP contribution in [0.2, 0.25) is 0 Å². The van der Waals surface area contributed by atoms with Crippen LogP contribution in [-0.2, 0) is 9.53 Å². The lowest BCUT2D eigenvalue weighted by atomic mass is 9.86. The number of benzene rings is 1. The Hall–Kier alpha value is -2.06. The normalized spacial score (nSPS) is 29.0. The van der Waals surface area contributed by atoms with E-state index in [0.29, 0.717) is 19.4 Å². The van der Waals surface area contributed by atoms with E-state index in [1.54, 1.807) is 0 Å². The fourth-order valence-electron chi connectivity index (χ4n) is 4.52. The number of ether oxygens (including phenoxy) is 2. The molecule has 1 aromatic rings. The van der Waals surface area contributed by atoms with Crippen LogP contribution < -0.4 is 4.74 Å². The molecule has 1 saturated heterocycles. The second-order valence-corrected chi connectivity index (χ2v) is 8.51. The zero-order chi connectivity index (χ0) is 22.4. The molecular weight excluding hydrogens is 413 g/mol. The van der Waals surface area contributed by atoms with Crippen LogP contribution in [0.4, 0.5) is 13.2 Å². The molecule has 0 aromatic heterocycles. The number of alkyl halides is 2. The summed E-state index contributed by atoms with van der Waals surface area (Å²) < 4.78 is 52.7. The van der Waals surface area contributed by atoms with E-state index in [1.807, 2.05) is 0 Å². The van der Waals surface area contributed by atoms with E-state index in [-0.39, 0.29) is 30.1 Å². The van der Waals surface area contributed by atoms with Crippen LogP contribution in [0.5, 0.6) is 5.75 Å². The minimum absolute atomic E-state index is 0.0279. The maximum atomic E-state index is 14.3. The van der Waals surface area contributed by atoms with E-state index >= 15 is 0 Å².